The molecule has 0 aliphatic rings. The van der Waals surface area contributed by atoms with E-state index in [9.17, 15) is 14.4 Å². The molecule has 0 radical (unpaired) electrons. The number of carbonyl (C=O) groups excluding carboxylic acids is 3. The zero-order chi connectivity index (χ0) is 16.7. The first-order chi connectivity index (χ1) is 11.1. The number of amides is 1. The second-order valence-corrected chi connectivity index (χ2v) is 4.80. The normalized spacial score (nSPS) is 9.96. The van der Waals surface area contributed by atoms with Crippen molar-refractivity contribution in [1.82, 2.24) is 0 Å². The van der Waals surface area contributed by atoms with Crippen LogP contribution in [0.5, 0.6) is 0 Å². The second-order valence-electron chi connectivity index (χ2n) is 4.80. The van der Waals surface area contributed by atoms with Gasteiger partial charge in [0, 0.05) is 17.5 Å². The molecule has 0 saturated carbocycles. The van der Waals surface area contributed by atoms with E-state index in [2.05, 4.69) is 5.32 Å². The van der Waals surface area contributed by atoms with Crippen molar-refractivity contribution in [2.45, 2.75) is 13.3 Å². The summed E-state index contributed by atoms with van der Waals surface area (Å²) < 4.78 is 4.77. The summed E-state index contributed by atoms with van der Waals surface area (Å²) in [5.41, 5.74) is 1.30. The Kier molecular flexibility index (Phi) is 5.63. The van der Waals surface area contributed by atoms with Crippen LogP contribution in [-0.4, -0.2) is 24.3 Å². The third-order valence-corrected chi connectivity index (χ3v) is 3.13. The van der Waals surface area contributed by atoms with Gasteiger partial charge >= 0.3 is 5.97 Å². The quantitative estimate of drug-likeness (QED) is 0.657. The fourth-order valence-corrected chi connectivity index (χ4v) is 1.97. The van der Waals surface area contributed by atoms with Crippen molar-refractivity contribution in [2.75, 3.05) is 11.9 Å². The van der Waals surface area contributed by atoms with E-state index in [0.717, 1.165) is 0 Å². The SMILES string of the molecule is CCC(=O)OCC(=O)Nc1ccccc1C(=O)c1ccccc1. The number of carbonyl (C=O) groups is 3. The van der Waals surface area contributed by atoms with Gasteiger partial charge in [0.1, 0.15) is 0 Å². The predicted molar refractivity (Wildman–Crippen MR) is 86.2 cm³/mol. The lowest BCUT2D eigenvalue weighted by atomic mass is 10.0. The summed E-state index contributed by atoms with van der Waals surface area (Å²) in [5, 5.41) is 2.60. The highest BCUT2D eigenvalue weighted by atomic mass is 16.5. The van der Waals surface area contributed by atoms with Crippen LogP contribution >= 0.6 is 0 Å². The lowest BCUT2D eigenvalue weighted by Crippen LogP contribution is -2.21. The van der Waals surface area contributed by atoms with Gasteiger partial charge in [0.2, 0.25) is 0 Å². The maximum absolute atomic E-state index is 12.5. The molecule has 0 spiro atoms. The predicted octanol–water partition coefficient (Wildman–Crippen LogP) is 2.81. The zero-order valence-electron chi connectivity index (χ0n) is 12.7. The molecule has 2 rings (SSSR count). The molecule has 2 aromatic rings. The van der Waals surface area contributed by atoms with Crippen LogP contribution in [-0.2, 0) is 14.3 Å². The molecule has 0 aliphatic heterocycles. The van der Waals surface area contributed by atoms with Crippen molar-refractivity contribution in [2.24, 2.45) is 0 Å². The molecule has 0 saturated heterocycles. The van der Waals surface area contributed by atoms with Crippen molar-refractivity contribution in [1.29, 1.82) is 0 Å². The van der Waals surface area contributed by atoms with Crippen LogP contribution < -0.4 is 5.32 Å². The molecule has 2 aromatic carbocycles. The van der Waals surface area contributed by atoms with Gasteiger partial charge in [-0.15, -0.1) is 0 Å². The van der Waals surface area contributed by atoms with Gasteiger partial charge in [-0.05, 0) is 12.1 Å². The molecule has 0 atom stereocenters. The largest absolute Gasteiger partial charge is 0.456 e. The summed E-state index contributed by atoms with van der Waals surface area (Å²) in [7, 11) is 0. The molecule has 0 heterocycles. The molecular weight excluding hydrogens is 294 g/mol. The first-order valence-corrected chi connectivity index (χ1v) is 7.26. The summed E-state index contributed by atoms with van der Waals surface area (Å²) >= 11 is 0. The van der Waals surface area contributed by atoms with Crippen molar-refractivity contribution >= 4 is 23.3 Å². The molecule has 5 heteroatoms. The number of nitrogens with one attached hydrogen (secondary N) is 1. The zero-order valence-corrected chi connectivity index (χ0v) is 12.7. The minimum Gasteiger partial charge on any atom is -0.456 e. The van der Waals surface area contributed by atoms with Gasteiger partial charge in [0.25, 0.3) is 5.91 Å². The highest BCUT2D eigenvalue weighted by Crippen LogP contribution is 2.19. The molecule has 0 fully saturated rings. The van der Waals surface area contributed by atoms with E-state index in [1.165, 1.54) is 0 Å². The number of hydrogen-bond donors (Lipinski definition) is 1. The molecular formula is C18H17NO4. The monoisotopic (exact) mass is 311 g/mol. The lowest BCUT2D eigenvalue weighted by molar-refractivity contribution is -0.146. The maximum atomic E-state index is 12.5. The molecule has 1 N–H and O–H groups in total. The number of ketones is 1. The smallest absolute Gasteiger partial charge is 0.306 e. The minimum absolute atomic E-state index is 0.188. The van der Waals surface area contributed by atoms with E-state index in [0.29, 0.717) is 16.8 Å². The number of para-hydroxylation sites is 1. The Balaban J connectivity index is 2.13. The topological polar surface area (TPSA) is 72.5 Å². The number of hydrogen-bond acceptors (Lipinski definition) is 4. The highest BCUT2D eigenvalue weighted by molar-refractivity contribution is 6.13. The Bertz CT molecular complexity index is 710. The maximum Gasteiger partial charge on any atom is 0.306 e. The van der Waals surface area contributed by atoms with Crippen LogP contribution in [0, 0.1) is 0 Å². The number of rotatable bonds is 6. The van der Waals surface area contributed by atoms with E-state index < -0.39 is 11.9 Å². The van der Waals surface area contributed by atoms with Crippen molar-refractivity contribution in [3.63, 3.8) is 0 Å². The van der Waals surface area contributed by atoms with Gasteiger partial charge in [0.05, 0.1) is 5.69 Å². The van der Waals surface area contributed by atoms with E-state index >= 15 is 0 Å². The molecule has 118 valence electrons. The first kappa shape index (κ1) is 16.4. The molecule has 1 amide bonds. The van der Waals surface area contributed by atoms with E-state index in [1.54, 1.807) is 55.5 Å². The fourth-order valence-electron chi connectivity index (χ4n) is 1.97. The first-order valence-electron chi connectivity index (χ1n) is 7.26. The van der Waals surface area contributed by atoms with E-state index in [4.69, 9.17) is 4.74 Å². The van der Waals surface area contributed by atoms with Crippen LogP contribution in [0.25, 0.3) is 0 Å². The molecule has 0 aliphatic carbocycles. The number of anilines is 1. The Morgan fingerprint density at radius 1 is 0.957 bits per heavy atom. The molecule has 0 bridgehead atoms. The van der Waals surface area contributed by atoms with Crippen LogP contribution in [0.3, 0.4) is 0 Å². The van der Waals surface area contributed by atoms with Gasteiger partial charge in [-0.1, -0.05) is 49.4 Å². The molecule has 5 nitrogen and oxygen atoms in total. The van der Waals surface area contributed by atoms with Crippen molar-refractivity contribution < 1.29 is 19.1 Å². The average molecular weight is 311 g/mol. The average Bonchev–Trinajstić information content (AvgIpc) is 2.60. The van der Waals surface area contributed by atoms with Crippen molar-refractivity contribution in [3.05, 3.63) is 65.7 Å². The minimum atomic E-state index is -0.486. The van der Waals surface area contributed by atoms with E-state index in [-0.39, 0.29) is 18.8 Å². The van der Waals surface area contributed by atoms with Crippen LogP contribution in [0.1, 0.15) is 29.3 Å². The highest BCUT2D eigenvalue weighted by Gasteiger charge is 2.15. The Morgan fingerprint density at radius 3 is 2.30 bits per heavy atom. The van der Waals surface area contributed by atoms with Gasteiger partial charge in [0.15, 0.2) is 12.4 Å². The van der Waals surface area contributed by atoms with Gasteiger partial charge in [-0.2, -0.15) is 0 Å². The Hall–Kier alpha value is -2.95. The van der Waals surface area contributed by atoms with Gasteiger partial charge < -0.3 is 10.1 Å². The van der Waals surface area contributed by atoms with Crippen LogP contribution in [0.2, 0.25) is 0 Å². The summed E-state index contributed by atoms with van der Waals surface area (Å²) in [5.74, 6) is -1.12. The van der Waals surface area contributed by atoms with E-state index in [1.807, 2.05) is 6.07 Å². The number of benzene rings is 2. The van der Waals surface area contributed by atoms with Gasteiger partial charge in [-0.3, -0.25) is 14.4 Å². The van der Waals surface area contributed by atoms with Crippen LogP contribution in [0.15, 0.2) is 54.6 Å². The second kappa shape index (κ2) is 7.89. The summed E-state index contributed by atoms with van der Waals surface area (Å²) in [6.07, 6.45) is 0.205. The summed E-state index contributed by atoms with van der Waals surface area (Å²) in [4.78, 5) is 35.4. The summed E-state index contributed by atoms with van der Waals surface area (Å²) in [6, 6.07) is 15.5. The molecule has 0 aromatic heterocycles. The number of esters is 1. The van der Waals surface area contributed by atoms with Crippen molar-refractivity contribution in [3.8, 4) is 0 Å². The Morgan fingerprint density at radius 2 is 1.61 bits per heavy atom. The van der Waals surface area contributed by atoms with Gasteiger partial charge in [-0.25, -0.2) is 0 Å². The lowest BCUT2D eigenvalue weighted by Gasteiger charge is -2.10. The number of ether oxygens (including phenoxy) is 1. The standard InChI is InChI=1S/C18H17NO4/c1-2-17(21)23-12-16(20)19-15-11-7-6-10-14(15)18(22)13-8-4-3-5-9-13/h3-11H,2,12H2,1H3,(H,19,20). The summed E-state index contributed by atoms with van der Waals surface area (Å²) in [6.45, 7) is 1.27. The Labute approximate surface area is 134 Å². The third-order valence-electron chi connectivity index (χ3n) is 3.13. The third kappa shape index (κ3) is 4.51. The fraction of sp³-hybridized carbons (Fsp3) is 0.167. The van der Waals surface area contributed by atoms with Crippen LogP contribution in [0.4, 0.5) is 5.69 Å². The molecule has 0 unspecified atom stereocenters. The molecule has 23 heavy (non-hydrogen) atoms.